The first-order chi connectivity index (χ1) is 18.0. The molecule has 6 N–H and O–H groups in total. The molecule has 0 bridgehead atoms. The van der Waals surface area contributed by atoms with Crippen molar-refractivity contribution in [2.75, 3.05) is 48.8 Å². The number of nitrogens with one attached hydrogen (secondary N) is 2. The average molecular weight is 501 g/mol. The van der Waals surface area contributed by atoms with Crippen molar-refractivity contribution >= 4 is 28.9 Å². The third kappa shape index (κ3) is 6.00. The highest BCUT2D eigenvalue weighted by Gasteiger charge is 2.23. The summed E-state index contributed by atoms with van der Waals surface area (Å²) in [7, 11) is 2.14. The molecule has 9 nitrogen and oxygen atoms in total. The molecular weight excluding hydrogens is 464 g/mol. The van der Waals surface area contributed by atoms with Crippen LogP contribution in [0.5, 0.6) is 0 Å². The standard InChI is InChI=1S/C28H36N8O/c1-35-15-13-22(14-16-35)32-27-24(19-5-3-2-4-6-19)33-25(26(30)37)28(34-27)31-21-7-9-23(10-8-21)36-17-11-20(29)12-18-36/h2-10,20,22H,11-18,29H2,1H3,(H2,30,37)(H2,31,32,34). The lowest BCUT2D eigenvalue weighted by molar-refractivity contribution is 0.0996. The van der Waals surface area contributed by atoms with Gasteiger partial charge < -0.3 is 31.9 Å². The Morgan fingerprint density at radius 3 is 2.22 bits per heavy atom. The van der Waals surface area contributed by atoms with Crippen molar-refractivity contribution in [1.82, 2.24) is 14.9 Å². The van der Waals surface area contributed by atoms with Gasteiger partial charge in [0.1, 0.15) is 5.69 Å². The zero-order valence-corrected chi connectivity index (χ0v) is 21.4. The van der Waals surface area contributed by atoms with Gasteiger partial charge in [-0.15, -0.1) is 0 Å². The van der Waals surface area contributed by atoms with E-state index in [-0.39, 0.29) is 11.7 Å². The number of benzene rings is 2. The number of anilines is 4. The number of aromatic nitrogens is 2. The van der Waals surface area contributed by atoms with E-state index < -0.39 is 5.91 Å². The molecule has 194 valence electrons. The Hall–Kier alpha value is -3.69. The van der Waals surface area contributed by atoms with Crippen LogP contribution >= 0.6 is 0 Å². The predicted molar refractivity (Wildman–Crippen MR) is 149 cm³/mol. The summed E-state index contributed by atoms with van der Waals surface area (Å²) in [5, 5.41) is 6.90. The number of likely N-dealkylation sites (tertiary alicyclic amines) is 1. The third-order valence-corrected chi connectivity index (χ3v) is 7.27. The zero-order valence-electron chi connectivity index (χ0n) is 21.4. The second-order valence-electron chi connectivity index (χ2n) is 10.1. The van der Waals surface area contributed by atoms with Crippen LogP contribution in [-0.4, -0.2) is 66.1 Å². The summed E-state index contributed by atoms with van der Waals surface area (Å²) in [5.74, 6) is 0.369. The van der Waals surface area contributed by atoms with Crippen molar-refractivity contribution in [3.63, 3.8) is 0 Å². The van der Waals surface area contributed by atoms with Crippen molar-refractivity contribution in [3.05, 3.63) is 60.3 Å². The maximum atomic E-state index is 12.5. The first-order valence-electron chi connectivity index (χ1n) is 13.1. The number of amides is 1. The number of carbonyl (C=O) groups excluding carboxylic acids is 1. The number of nitrogens with two attached hydrogens (primary N) is 2. The lowest BCUT2D eigenvalue weighted by atomic mass is 10.0. The second kappa shape index (κ2) is 11.1. The van der Waals surface area contributed by atoms with Gasteiger partial charge >= 0.3 is 0 Å². The van der Waals surface area contributed by atoms with Crippen LogP contribution in [0, 0.1) is 0 Å². The Bertz CT molecular complexity index is 1200. The van der Waals surface area contributed by atoms with E-state index in [1.54, 1.807) is 0 Å². The smallest absolute Gasteiger partial charge is 0.271 e. The molecule has 1 aromatic heterocycles. The zero-order chi connectivity index (χ0) is 25.8. The van der Waals surface area contributed by atoms with E-state index in [0.29, 0.717) is 23.4 Å². The summed E-state index contributed by atoms with van der Waals surface area (Å²) in [6, 6.07) is 18.5. The Morgan fingerprint density at radius 2 is 1.57 bits per heavy atom. The molecule has 9 heteroatoms. The minimum absolute atomic E-state index is 0.113. The van der Waals surface area contributed by atoms with Crippen molar-refractivity contribution in [1.29, 1.82) is 0 Å². The fourth-order valence-electron chi connectivity index (χ4n) is 4.99. The highest BCUT2D eigenvalue weighted by Crippen LogP contribution is 2.31. The van der Waals surface area contributed by atoms with Crippen LogP contribution < -0.4 is 27.0 Å². The number of piperidine rings is 2. The molecule has 0 spiro atoms. The van der Waals surface area contributed by atoms with Gasteiger partial charge in [0.25, 0.3) is 5.91 Å². The van der Waals surface area contributed by atoms with E-state index in [1.165, 1.54) is 0 Å². The topological polar surface area (TPSA) is 125 Å². The Morgan fingerprint density at radius 1 is 0.892 bits per heavy atom. The first-order valence-corrected chi connectivity index (χ1v) is 13.1. The van der Waals surface area contributed by atoms with E-state index >= 15 is 0 Å². The summed E-state index contributed by atoms with van der Waals surface area (Å²) < 4.78 is 0. The molecule has 0 atom stereocenters. The van der Waals surface area contributed by atoms with Crippen LogP contribution in [0.3, 0.4) is 0 Å². The van der Waals surface area contributed by atoms with Crippen LogP contribution in [-0.2, 0) is 0 Å². The Balaban J connectivity index is 1.44. The minimum Gasteiger partial charge on any atom is -0.371 e. The van der Waals surface area contributed by atoms with Crippen LogP contribution in [0.4, 0.5) is 23.0 Å². The van der Waals surface area contributed by atoms with Crippen LogP contribution in [0.1, 0.15) is 36.2 Å². The third-order valence-electron chi connectivity index (χ3n) is 7.27. The van der Waals surface area contributed by atoms with E-state index in [0.717, 1.165) is 68.8 Å². The molecule has 2 aromatic carbocycles. The lowest BCUT2D eigenvalue weighted by Crippen LogP contribution is -2.39. The highest BCUT2D eigenvalue weighted by molar-refractivity contribution is 5.97. The Labute approximate surface area is 218 Å². The van der Waals surface area contributed by atoms with Gasteiger partial charge in [0, 0.05) is 42.1 Å². The number of nitrogens with zero attached hydrogens (tertiary/aromatic N) is 4. The van der Waals surface area contributed by atoms with Crippen molar-refractivity contribution in [3.8, 4) is 11.3 Å². The molecule has 0 aliphatic carbocycles. The SMILES string of the molecule is CN1CCC(Nc2nc(Nc3ccc(N4CCC(N)CC4)cc3)c(C(N)=O)nc2-c2ccccc2)CC1. The molecule has 0 unspecified atom stereocenters. The molecule has 0 saturated carbocycles. The molecule has 2 saturated heterocycles. The number of hydrogen-bond acceptors (Lipinski definition) is 8. The van der Waals surface area contributed by atoms with Gasteiger partial charge in [0.05, 0.1) is 0 Å². The fraction of sp³-hybridized carbons (Fsp3) is 0.393. The molecular formula is C28H36N8O. The normalized spacial score (nSPS) is 17.5. The van der Waals surface area contributed by atoms with E-state index in [2.05, 4.69) is 39.6 Å². The molecule has 3 aromatic rings. The highest BCUT2D eigenvalue weighted by atomic mass is 16.1. The second-order valence-corrected chi connectivity index (χ2v) is 10.1. The van der Waals surface area contributed by atoms with Gasteiger partial charge in [0.15, 0.2) is 17.3 Å². The molecule has 3 heterocycles. The van der Waals surface area contributed by atoms with Crippen LogP contribution in [0.2, 0.25) is 0 Å². The van der Waals surface area contributed by atoms with Crippen LogP contribution in [0.15, 0.2) is 54.6 Å². The van der Waals surface area contributed by atoms with Gasteiger partial charge in [0.2, 0.25) is 0 Å². The summed E-state index contributed by atoms with van der Waals surface area (Å²) in [6.07, 6.45) is 4.02. The summed E-state index contributed by atoms with van der Waals surface area (Å²) in [4.78, 5) is 26.7. The number of primary amides is 1. The molecule has 1 amide bonds. The molecule has 37 heavy (non-hydrogen) atoms. The van der Waals surface area contributed by atoms with E-state index in [9.17, 15) is 4.79 Å². The summed E-state index contributed by atoms with van der Waals surface area (Å²) >= 11 is 0. The quantitative estimate of drug-likeness (QED) is 0.389. The van der Waals surface area contributed by atoms with Crippen LogP contribution in [0.25, 0.3) is 11.3 Å². The number of hydrogen-bond donors (Lipinski definition) is 4. The summed E-state index contributed by atoms with van der Waals surface area (Å²) in [5.41, 5.74) is 15.4. The largest absolute Gasteiger partial charge is 0.371 e. The summed E-state index contributed by atoms with van der Waals surface area (Å²) in [6.45, 7) is 3.95. The average Bonchev–Trinajstić information content (AvgIpc) is 2.91. The molecule has 2 fully saturated rings. The fourth-order valence-corrected chi connectivity index (χ4v) is 4.99. The van der Waals surface area contributed by atoms with Gasteiger partial charge in [-0.25, -0.2) is 9.97 Å². The van der Waals surface area contributed by atoms with E-state index in [1.807, 2.05) is 42.5 Å². The van der Waals surface area contributed by atoms with Gasteiger partial charge in [-0.1, -0.05) is 30.3 Å². The van der Waals surface area contributed by atoms with E-state index in [4.69, 9.17) is 21.4 Å². The minimum atomic E-state index is -0.626. The predicted octanol–water partition coefficient (Wildman–Crippen LogP) is 3.42. The van der Waals surface area contributed by atoms with Gasteiger partial charge in [-0.3, -0.25) is 4.79 Å². The van der Waals surface area contributed by atoms with Gasteiger partial charge in [-0.2, -0.15) is 0 Å². The monoisotopic (exact) mass is 500 g/mol. The van der Waals surface area contributed by atoms with Crippen molar-refractivity contribution in [2.45, 2.75) is 37.8 Å². The maximum absolute atomic E-state index is 12.5. The molecule has 0 radical (unpaired) electrons. The molecule has 5 rings (SSSR count). The molecule has 2 aliphatic rings. The maximum Gasteiger partial charge on any atom is 0.271 e. The van der Waals surface area contributed by atoms with Crippen molar-refractivity contribution < 1.29 is 4.79 Å². The van der Waals surface area contributed by atoms with Crippen molar-refractivity contribution in [2.24, 2.45) is 11.5 Å². The number of carbonyl (C=O) groups is 1. The first kappa shape index (κ1) is 25.0. The number of rotatable bonds is 7. The van der Waals surface area contributed by atoms with Gasteiger partial charge in [-0.05, 0) is 70.1 Å². The Kier molecular flexibility index (Phi) is 7.52. The molecule has 2 aliphatic heterocycles. The lowest BCUT2D eigenvalue weighted by Gasteiger charge is -2.32.